The van der Waals surface area contributed by atoms with Crippen LogP contribution in [0, 0.1) is 0 Å². The molecule has 88 valence electrons. The molecular formula is C12H19N3O. The Morgan fingerprint density at radius 3 is 3.19 bits per heavy atom. The molecule has 2 unspecified atom stereocenters. The molecule has 0 saturated carbocycles. The number of hydrogen-bond donors (Lipinski definition) is 2. The second-order valence-corrected chi connectivity index (χ2v) is 4.33. The van der Waals surface area contributed by atoms with Gasteiger partial charge in [-0.3, -0.25) is 4.79 Å². The van der Waals surface area contributed by atoms with Crippen molar-refractivity contribution in [3.63, 3.8) is 0 Å². The predicted octanol–water partition coefficient (Wildman–Crippen LogP) is 1.42. The molecule has 1 amide bonds. The second kappa shape index (κ2) is 4.70. The van der Waals surface area contributed by atoms with Gasteiger partial charge in [-0.1, -0.05) is 6.92 Å². The Kier molecular flexibility index (Phi) is 3.29. The summed E-state index contributed by atoms with van der Waals surface area (Å²) in [6.07, 6.45) is 4.69. The number of carbonyl (C=O) groups excluding carboxylic acids is 1. The van der Waals surface area contributed by atoms with Gasteiger partial charge < -0.3 is 15.6 Å². The summed E-state index contributed by atoms with van der Waals surface area (Å²) in [5.74, 6) is 0.0830. The predicted molar refractivity (Wildman–Crippen MR) is 62.7 cm³/mol. The highest BCUT2D eigenvalue weighted by atomic mass is 16.2. The third-order valence-corrected chi connectivity index (χ3v) is 3.27. The van der Waals surface area contributed by atoms with Crippen molar-refractivity contribution in [2.24, 2.45) is 5.73 Å². The van der Waals surface area contributed by atoms with Gasteiger partial charge in [-0.25, -0.2) is 0 Å². The number of rotatable bonds is 3. The molecule has 2 heterocycles. The van der Waals surface area contributed by atoms with E-state index in [9.17, 15) is 4.79 Å². The summed E-state index contributed by atoms with van der Waals surface area (Å²) >= 11 is 0. The number of nitrogens with one attached hydrogen (secondary N) is 1. The van der Waals surface area contributed by atoms with Gasteiger partial charge >= 0.3 is 0 Å². The van der Waals surface area contributed by atoms with E-state index in [1.54, 1.807) is 0 Å². The zero-order valence-corrected chi connectivity index (χ0v) is 9.65. The molecule has 1 saturated heterocycles. The Labute approximate surface area is 95.8 Å². The van der Waals surface area contributed by atoms with E-state index in [0.29, 0.717) is 6.42 Å². The average Bonchev–Trinajstić information content (AvgIpc) is 2.95. The van der Waals surface area contributed by atoms with Crippen molar-refractivity contribution < 1.29 is 4.79 Å². The maximum absolute atomic E-state index is 12.1. The largest absolute Gasteiger partial charge is 0.363 e. The van der Waals surface area contributed by atoms with Crippen LogP contribution in [0.25, 0.3) is 0 Å². The first-order valence-corrected chi connectivity index (χ1v) is 5.93. The third-order valence-electron chi connectivity index (χ3n) is 3.27. The summed E-state index contributed by atoms with van der Waals surface area (Å²) in [5, 5.41) is 0. The van der Waals surface area contributed by atoms with Gasteiger partial charge in [-0.2, -0.15) is 0 Å². The van der Waals surface area contributed by atoms with Gasteiger partial charge in [0.15, 0.2) is 0 Å². The standard InChI is InChI=1S/C12H19N3O/c1-2-9(13)12(16)15-8-4-6-11(15)10-5-3-7-14-10/h3,5,7,9,11,14H,2,4,6,8,13H2,1H3. The number of likely N-dealkylation sites (tertiary alicyclic amines) is 1. The lowest BCUT2D eigenvalue weighted by Gasteiger charge is -2.26. The van der Waals surface area contributed by atoms with E-state index in [-0.39, 0.29) is 18.0 Å². The van der Waals surface area contributed by atoms with Crippen molar-refractivity contribution >= 4 is 5.91 Å². The molecule has 0 aliphatic carbocycles. The van der Waals surface area contributed by atoms with E-state index < -0.39 is 0 Å². The van der Waals surface area contributed by atoms with Gasteiger partial charge in [0.25, 0.3) is 0 Å². The van der Waals surface area contributed by atoms with Crippen LogP contribution in [0.15, 0.2) is 18.3 Å². The normalized spacial score (nSPS) is 22.4. The van der Waals surface area contributed by atoms with Gasteiger partial charge in [0.05, 0.1) is 12.1 Å². The minimum atomic E-state index is -0.351. The maximum Gasteiger partial charge on any atom is 0.240 e. The molecule has 0 spiro atoms. The number of nitrogens with zero attached hydrogens (tertiary/aromatic N) is 1. The van der Waals surface area contributed by atoms with Crippen LogP contribution in [-0.4, -0.2) is 28.4 Å². The van der Waals surface area contributed by atoms with Crippen molar-refractivity contribution in [1.82, 2.24) is 9.88 Å². The van der Waals surface area contributed by atoms with Gasteiger partial charge in [-0.15, -0.1) is 0 Å². The summed E-state index contributed by atoms with van der Waals surface area (Å²) in [7, 11) is 0. The van der Waals surface area contributed by atoms with Crippen LogP contribution in [0.4, 0.5) is 0 Å². The number of carbonyl (C=O) groups is 1. The first-order chi connectivity index (χ1) is 7.74. The second-order valence-electron chi connectivity index (χ2n) is 4.33. The fraction of sp³-hybridized carbons (Fsp3) is 0.583. The summed E-state index contributed by atoms with van der Waals surface area (Å²) < 4.78 is 0. The lowest BCUT2D eigenvalue weighted by molar-refractivity contribution is -0.133. The van der Waals surface area contributed by atoms with Crippen LogP contribution in [-0.2, 0) is 4.79 Å². The van der Waals surface area contributed by atoms with E-state index in [1.165, 1.54) is 0 Å². The summed E-state index contributed by atoms with van der Waals surface area (Å²) in [5.41, 5.74) is 6.93. The van der Waals surface area contributed by atoms with Crippen LogP contribution < -0.4 is 5.73 Å². The van der Waals surface area contributed by atoms with Gasteiger partial charge in [-0.05, 0) is 31.4 Å². The van der Waals surface area contributed by atoms with Gasteiger partial charge in [0.1, 0.15) is 0 Å². The molecule has 2 rings (SSSR count). The van der Waals surface area contributed by atoms with Crippen LogP contribution in [0.3, 0.4) is 0 Å². The zero-order valence-electron chi connectivity index (χ0n) is 9.65. The molecule has 4 heteroatoms. The van der Waals surface area contributed by atoms with E-state index in [1.807, 2.05) is 30.2 Å². The topological polar surface area (TPSA) is 62.1 Å². The summed E-state index contributed by atoms with van der Waals surface area (Å²) in [4.78, 5) is 17.2. The van der Waals surface area contributed by atoms with Crippen LogP contribution in [0.1, 0.15) is 37.9 Å². The first-order valence-electron chi connectivity index (χ1n) is 5.93. The lowest BCUT2D eigenvalue weighted by Crippen LogP contribution is -2.43. The van der Waals surface area contributed by atoms with Crippen molar-refractivity contribution in [2.45, 2.75) is 38.3 Å². The molecule has 3 N–H and O–H groups in total. The number of aromatic nitrogens is 1. The average molecular weight is 221 g/mol. The first kappa shape index (κ1) is 11.2. The van der Waals surface area contributed by atoms with Gasteiger partial charge in [0.2, 0.25) is 5.91 Å². The number of nitrogens with two attached hydrogens (primary N) is 1. The van der Waals surface area contributed by atoms with Gasteiger partial charge in [0, 0.05) is 18.4 Å². The Morgan fingerprint density at radius 2 is 2.56 bits per heavy atom. The number of hydrogen-bond acceptors (Lipinski definition) is 2. The van der Waals surface area contributed by atoms with E-state index in [4.69, 9.17) is 5.73 Å². The minimum absolute atomic E-state index is 0.0830. The number of aromatic amines is 1. The quantitative estimate of drug-likeness (QED) is 0.810. The van der Waals surface area contributed by atoms with Crippen molar-refractivity contribution in [1.29, 1.82) is 0 Å². The third kappa shape index (κ3) is 1.97. The Hall–Kier alpha value is -1.29. The Balaban J connectivity index is 2.12. The Morgan fingerprint density at radius 1 is 1.75 bits per heavy atom. The van der Waals surface area contributed by atoms with E-state index in [0.717, 1.165) is 25.1 Å². The molecule has 1 fully saturated rings. The van der Waals surface area contributed by atoms with Crippen molar-refractivity contribution in [3.05, 3.63) is 24.0 Å². The van der Waals surface area contributed by atoms with Crippen LogP contribution >= 0.6 is 0 Å². The molecule has 1 aromatic heterocycles. The highest BCUT2D eigenvalue weighted by Gasteiger charge is 2.32. The molecule has 4 nitrogen and oxygen atoms in total. The molecular weight excluding hydrogens is 202 g/mol. The molecule has 0 radical (unpaired) electrons. The smallest absolute Gasteiger partial charge is 0.240 e. The molecule has 1 aliphatic heterocycles. The molecule has 16 heavy (non-hydrogen) atoms. The fourth-order valence-corrected chi connectivity index (χ4v) is 2.29. The lowest BCUT2D eigenvalue weighted by atomic mass is 10.1. The molecule has 1 aliphatic rings. The zero-order chi connectivity index (χ0) is 11.5. The summed E-state index contributed by atoms with van der Waals surface area (Å²) in [6, 6.07) is 3.85. The fourth-order valence-electron chi connectivity index (χ4n) is 2.29. The molecule has 2 atom stereocenters. The van der Waals surface area contributed by atoms with E-state index >= 15 is 0 Å². The molecule has 0 aromatic carbocycles. The van der Waals surface area contributed by atoms with Crippen LogP contribution in [0.5, 0.6) is 0 Å². The number of amides is 1. The van der Waals surface area contributed by atoms with Crippen molar-refractivity contribution in [2.75, 3.05) is 6.54 Å². The van der Waals surface area contributed by atoms with E-state index in [2.05, 4.69) is 4.98 Å². The number of H-pyrrole nitrogens is 1. The minimum Gasteiger partial charge on any atom is -0.363 e. The molecule has 0 bridgehead atoms. The Bertz CT molecular complexity index is 347. The monoisotopic (exact) mass is 221 g/mol. The molecule has 1 aromatic rings. The maximum atomic E-state index is 12.1. The SMILES string of the molecule is CCC(N)C(=O)N1CCCC1c1ccc[nH]1. The summed E-state index contributed by atoms with van der Waals surface area (Å²) in [6.45, 7) is 2.78. The van der Waals surface area contributed by atoms with Crippen LogP contribution in [0.2, 0.25) is 0 Å². The van der Waals surface area contributed by atoms with Crippen molar-refractivity contribution in [3.8, 4) is 0 Å². The highest BCUT2D eigenvalue weighted by molar-refractivity contribution is 5.82. The highest BCUT2D eigenvalue weighted by Crippen LogP contribution is 2.31.